The maximum Gasteiger partial charge on any atom is 0.347 e. The summed E-state index contributed by atoms with van der Waals surface area (Å²) >= 11 is 0. The van der Waals surface area contributed by atoms with Gasteiger partial charge in [-0.3, -0.25) is 13.9 Å². The molecule has 1 aromatic carbocycles. The second-order valence-corrected chi connectivity index (χ2v) is 4.79. The van der Waals surface area contributed by atoms with Crippen molar-refractivity contribution < 1.29 is 4.42 Å². The van der Waals surface area contributed by atoms with Gasteiger partial charge in [-0.2, -0.15) is 0 Å². The minimum Gasteiger partial charge on any atom is -0.403 e. The Kier molecular flexibility index (Phi) is 2.94. The number of hydrogen-bond acceptors (Lipinski definition) is 6. The van der Waals surface area contributed by atoms with Gasteiger partial charge in [0, 0.05) is 14.1 Å². The van der Waals surface area contributed by atoms with Crippen molar-refractivity contribution in [2.45, 2.75) is 0 Å². The summed E-state index contributed by atoms with van der Waals surface area (Å²) in [5.41, 5.74) is 4.21. The van der Waals surface area contributed by atoms with Gasteiger partial charge in [0.15, 0.2) is 0 Å². The van der Waals surface area contributed by atoms with Crippen LogP contribution in [0.15, 0.2) is 43.1 Å². The molecule has 0 aliphatic heterocycles. The van der Waals surface area contributed by atoms with Crippen LogP contribution >= 0.6 is 0 Å². The van der Waals surface area contributed by atoms with E-state index in [0.717, 1.165) is 9.13 Å². The zero-order valence-electron chi connectivity index (χ0n) is 11.9. The van der Waals surface area contributed by atoms with E-state index in [0.29, 0.717) is 10.9 Å². The quantitative estimate of drug-likeness (QED) is 0.667. The fourth-order valence-corrected chi connectivity index (χ4v) is 2.19. The smallest absolute Gasteiger partial charge is 0.347 e. The molecule has 0 spiro atoms. The highest BCUT2D eigenvalue weighted by atomic mass is 16.4. The summed E-state index contributed by atoms with van der Waals surface area (Å²) in [6, 6.07) is 6.58. The summed E-state index contributed by atoms with van der Waals surface area (Å²) < 4.78 is 7.08. The summed E-state index contributed by atoms with van der Waals surface area (Å²) in [6.45, 7) is 0. The van der Waals surface area contributed by atoms with Crippen molar-refractivity contribution >= 4 is 16.7 Å². The number of aromatic nitrogens is 3. The van der Waals surface area contributed by atoms with Gasteiger partial charge in [-0.1, -0.05) is 12.1 Å². The fourth-order valence-electron chi connectivity index (χ4n) is 2.19. The lowest BCUT2D eigenvalue weighted by atomic mass is 10.2. The van der Waals surface area contributed by atoms with E-state index in [4.69, 9.17) is 10.2 Å². The molecule has 0 unspecified atom stereocenters. The molecule has 0 aliphatic carbocycles. The lowest BCUT2D eigenvalue weighted by Gasteiger charge is -2.10. The summed E-state index contributed by atoms with van der Waals surface area (Å²) in [4.78, 5) is 40.3. The van der Waals surface area contributed by atoms with E-state index in [1.807, 2.05) is 0 Å². The van der Waals surface area contributed by atoms with Gasteiger partial charge < -0.3 is 10.2 Å². The standard InChI is InChI=1S/C14H12N4O4/c1-17-10(15)9(12(19)18(2)14(17)21)11-16-8-6-4-3-5-7(8)13(20)22-11/h3-6H,15H2,1-2H3. The Morgan fingerprint density at radius 2 is 1.77 bits per heavy atom. The first kappa shape index (κ1) is 13.8. The number of nitrogens with zero attached hydrogens (tertiary/aromatic N) is 3. The summed E-state index contributed by atoms with van der Waals surface area (Å²) in [5, 5.41) is 0.298. The van der Waals surface area contributed by atoms with Gasteiger partial charge in [0.25, 0.3) is 5.56 Å². The Labute approximate surface area is 123 Å². The number of anilines is 1. The van der Waals surface area contributed by atoms with Crippen molar-refractivity contribution in [3.05, 3.63) is 55.5 Å². The van der Waals surface area contributed by atoms with E-state index in [9.17, 15) is 14.4 Å². The summed E-state index contributed by atoms with van der Waals surface area (Å²) in [5.74, 6) is -0.323. The van der Waals surface area contributed by atoms with Gasteiger partial charge in [-0.15, -0.1) is 0 Å². The number of para-hydroxylation sites is 1. The number of rotatable bonds is 1. The van der Waals surface area contributed by atoms with E-state index in [2.05, 4.69) is 4.98 Å². The van der Waals surface area contributed by atoms with Crippen LogP contribution in [0.1, 0.15) is 0 Å². The van der Waals surface area contributed by atoms with Crippen LogP contribution in [0.5, 0.6) is 0 Å². The average molecular weight is 300 g/mol. The summed E-state index contributed by atoms with van der Waals surface area (Å²) in [7, 11) is 2.73. The van der Waals surface area contributed by atoms with Crippen molar-refractivity contribution in [3.63, 3.8) is 0 Å². The monoisotopic (exact) mass is 300 g/mol. The van der Waals surface area contributed by atoms with Crippen LogP contribution in [0, 0.1) is 0 Å². The molecule has 0 amide bonds. The molecule has 22 heavy (non-hydrogen) atoms. The van der Waals surface area contributed by atoms with Crippen molar-refractivity contribution in [1.29, 1.82) is 0 Å². The highest BCUT2D eigenvalue weighted by Gasteiger charge is 2.19. The Hall–Kier alpha value is -3.16. The first-order chi connectivity index (χ1) is 10.4. The maximum absolute atomic E-state index is 12.3. The molecule has 112 valence electrons. The Morgan fingerprint density at radius 1 is 1.09 bits per heavy atom. The van der Waals surface area contributed by atoms with Crippen molar-refractivity contribution in [3.8, 4) is 11.5 Å². The van der Waals surface area contributed by atoms with Gasteiger partial charge in [0.05, 0.1) is 10.9 Å². The molecule has 8 heteroatoms. The van der Waals surface area contributed by atoms with Crippen LogP contribution in [-0.2, 0) is 14.1 Å². The molecule has 0 fully saturated rings. The van der Waals surface area contributed by atoms with E-state index >= 15 is 0 Å². The molecule has 0 radical (unpaired) electrons. The summed E-state index contributed by atoms with van der Waals surface area (Å²) in [6.07, 6.45) is 0. The van der Waals surface area contributed by atoms with Gasteiger partial charge >= 0.3 is 11.3 Å². The predicted octanol–water partition coefficient (Wildman–Crippen LogP) is -0.165. The van der Waals surface area contributed by atoms with E-state index in [-0.39, 0.29) is 17.3 Å². The predicted molar refractivity (Wildman–Crippen MR) is 80.6 cm³/mol. The molecule has 3 rings (SSSR count). The topological polar surface area (TPSA) is 113 Å². The van der Waals surface area contributed by atoms with E-state index in [1.54, 1.807) is 24.3 Å². The number of benzene rings is 1. The Bertz CT molecular complexity index is 1070. The SMILES string of the molecule is Cn1c(N)c(-c2nc3ccccc3c(=O)o2)c(=O)n(C)c1=O. The molecule has 8 nitrogen and oxygen atoms in total. The molecule has 2 heterocycles. The van der Waals surface area contributed by atoms with Gasteiger partial charge in [0.2, 0.25) is 5.89 Å². The molecule has 0 aliphatic rings. The molecule has 0 atom stereocenters. The molecule has 0 bridgehead atoms. The Morgan fingerprint density at radius 3 is 2.50 bits per heavy atom. The van der Waals surface area contributed by atoms with Crippen molar-refractivity contribution in [1.82, 2.24) is 14.1 Å². The third-order valence-electron chi connectivity index (χ3n) is 3.46. The largest absolute Gasteiger partial charge is 0.403 e. The minimum absolute atomic E-state index is 0.112. The van der Waals surface area contributed by atoms with Crippen LogP contribution < -0.4 is 22.6 Å². The fraction of sp³-hybridized carbons (Fsp3) is 0.143. The zero-order chi connectivity index (χ0) is 16.0. The van der Waals surface area contributed by atoms with Crippen LogP contribution in [0.3, 0.4) is 0 Å². The second kappa shape index (κ2) is 4.69. The maximum atomic E-state index is 12.3. The van der Waals surface area contributed by atoms with Crippen molar-refractivity contribution in [2.75, 3.05) is 5.73 Å². The molecular weight excluding hydrogens is 288 g/mol. The number of fused-ring (bicyclic) bond motifs is 1. The second-order valence-electron chi connectivity index (χ2n) is 4.79. The zero-order valence-corrected chi connectivity index (χ0v) is 11.9. The number of hydrogen-bond donors (Lipinski definition) is 1. The first-order valence-electron chi connectivity index (χ1n) is 6.37. The highest BCUT2D eigenvalue weighted by Crippen LogP contribution is 2.19. The number of nitrogens with two attached hydrogens (primary N) is 1. The van der Waals surface area contributed by atoms with Crippen molar-refractivity contribution in [2.24, 2.45) is 14.1 Å². The molecular formula is C14H12N4O4. The lowest BCUT2D eigenvalue weighted by Crippen LogP contribution is -2.39. The molecule has 0 saturated heterocycles. The van der Waals surface area contributed by atoms with Crippen LogP contribution in [0.2, 0.25) is 0 Å². The molecule has 2 N–H and O–H groups in total. The molecule has 3 aromatic rings. The van der Waals surface area contributed by atoms with Crippen LogP contribution in [-0.4, -0.2) is 14.1 Å². The normalized spacial score (nSPS) is 11.0. The van der Waals surface area contributed by atoms with Gasteiger partial charge in [0.1, 0.15) is 11.4 Å². The highest BCUT2D eigenvalue weighted by molar-refractivity contribution is 5.79. The average Bonchev–Trinajstić information content (AvgIpc) is 2.51. The van der Waals surface area contributed by atoms with Crippen LogP contribution in [0.4, 0.5) is 5.82 Å². The minimum atomic E-state index is -0.675. The Balaban J connectivity index is 2.46. The van der Waals surface area contributed by atoms with E-state index in [1.165, 1.54) is 14.1 Å². The molecule has 2 aromatic heterocycles. The lowest BCUT2D eigenvalue weighted by molar-refractivity contribution is 0.515. The van der Waals surface area contributed by atoms with Gasteiger partial charge in [-0.05, 0) is 12.1 Å². The van der Waals surface area contributed by atoms with E-state index < -0.39 is 16.9 Å². The molecule has 0 saturated carbocycles. The van der Waals surface area contributed by atoms with Crippen LogP contribution in [0.25, 0.3) is 22.4 Å². The number of nitrogen functional groups attached to an aromatic ring is 1. The van der Waals surface area contributed by atoms with Gasteiger partial charge in [-0.25, -0.2) is 14.6 Å². The third-order valence-corrected chi connectivity index (χ3v) is 3.46. The third kappa shape index (κ3) is 1.85. The first-order valence-corrected chi connectivity index (χ1v) is 6.37.